The van der Waals surface area contributed by atoms with Crippen LogP contribution in [0.1, 0.15) is 37.4 Å². The van der Waals surface area contributed by atoms with Gasteiger partial charge in [0.15, 0.2) is 0 Å². The molecule has 1 aromatic rings. The van der Waals surface area contributed by atoms with Crippen molar-refractivity contribution in [2.24, 2.45) is 17.8 Å². The Morgan fingerprint density at radius 3 is 2.62 bits per heavy atom. The highest BCUT2D eigenvalue weighted by molar-refractivity contribution is 5.85. The lowest BCUT2D eigenvalue weighted by molar-refractivity contribution is -0.146. The number of aliphatic carboxylic acids is 1. The number of carboxylic acid groups (broad SMARTS) is 1. The summed E-state index contributed by atoms with van der Waals surface area (Å²) in [6.45, 7) is 4.34. The average molecular weight is 290 g/mol. The smallest absolute Gasteiger partial charge is 0.307 e. The van der Waals surface area contributed by atoms with E-state index in [9.17, 15) is 14.7 Å². The molecule has 1 fully saturated rings. The van der Waals surface area contributed by atoms with Crippen molar-refractivity contribution < 1.29 is 14.7 Å². The quantitative estimate of drug-likeness (QED) is 0.870. The standard InChI is InChI=1S/C16H22N2O3/c1-3-11-6-13(14(7-11)16(20)21)15(19)18-9-12-5-4-10(2)17-8-12/h4-5,8,11,13-14H,3,6-7,9H2,1-2H3,(H,18,19)(H,20,21)/t11?,13-,14+/m0/s1. The second kappa shape index (κ2) is 6.70. The highest BCUT2D eigenvalue weighted by Gasteiger charge is 2.41. The van der Waals surface area contributed by atoms with Crippen molar-refractivity contribution in [3.63, 3.8) is 0 Å². The number of hydrogen-bond donors (Lipinski definition) is 2. The molecule has 0 aromatic carbocycles. The lowest BCUT2D eigenvalue weighted by Gasteiger charge is -2.15. The van der Waals surface area contributed by atoms with E-state index in [0.717, 1.165) is 17.7 Å². The zero-order chi connectivity index (χ0) is 15.4. The van der Waals surface area contributed by atoms with Gasteiger partial charge in [-0.1, -0.05) is 19.4 Å². The predicted molar refractivity (Wildman–Crippen MR) is 78.5 cm³/mol. The minimum absolute atomic E-state index is 0.154. The molecule has 1 aliphatic rings. The minimum atomic E-state index is -0.858. The van der Waals surface area contributed by atoms with E-state index in [1.807, 2.05) is 26.0 Å². The number of nitrogens with zero attached hydrogens (tertiary/aromatic N) is 1. The third-order valence-corrected chi connectivity index (χ3v) is 4.33. The van der Waals surface area contributed by atoms with Crippen LogP contribution in [0.5, 0.6) is 0 Å². The van der Waals surface area contributed by atoms with E-state index >= 15 is 0 Å². The van der Waals surface area contributed by atoms with E-state index in [4.69, 9.17) is 0 Å². The summed E-state index contributed by atoms with van der Waals surface area (Å²) in [5.74, 6) is -1.64. The first-order chi connectivity index (χ1) is 10.0. The molecule has 2 N–H and O–H groups in total. The molecular weight excluding hydrogens is 268 g/mol. The molecule has 3 atom stereocenters. The largest absolute Gasteiger partial charge is 0.481 e. The van der Waals surface area contributed by atoms with Gasteiger partial charge in [-0.05, 0) is 37.3 Å². The number of aromatic nitrogens is 1. The van der Waals surface area contributed by atoms with E-state index in [0.29, 0.717) is 25.3 Å². The molecule has 21 heavy (non-hydrogen) atoms. The minimum Gasteiger partial charge on any atom is -0.481 e. The topological polar surface area (TPSA) is 79.3 Å². The number of carboxylic acids is 1. The van der Waals surface area contributed by atoms with Gasteiger partial charge in [0.05, 0.1) is 11.8 Å². The van der Waals surface area contributed by atoms with E-state index in [2.05, 4.69) is 10.3 Å². The Morgan fingerprint density at radius 2 is 2.05 bits per heavy atom. The van der Waals surface area contributed by atoms with Crippen molar-refractivity contribution in [2.45, 2.75) is 39.7 Å². The van der Waals surface area contributed by atoms with Crippen LogP contribution in [-0.4, -0.2) is 22.0 Å². The summed E-state index contributed by atoms with van der Waals surface area (Å²) in [6, 6.07) is 3.81. The molecule has 1 aliphatic carbocycles. The summed E-state index contributed by atoms with van der Waals surface area (Å²) in [5, 5.41) is 12.1. The third-order valence-electron chi connectivity index (χ3n) is 4.33. The van der Waals surface area contributed by atoms with Gasteiger partial charge in [0.25, 0.3) is 0 Å². The summed E-state index contributed by atoms with van der Waals surface area (Å²) in [6.07, 6.45) is 3.94. The number of nitrogens with one attached hydrogen (secondary N) is 1. The molecule has 1 unspecified atom stereocenters. The van der Waals surface area contributed by atoms with Gasteiger partial charge in [-0.2, -0.15) is 0 Å². The van der Waals surface area contributed by atoms with Gasteiger partial charge in [0.2, 0.25) is 5.91 Å². The lowest BCUT2D eigenvalue weighted by atomic mass is 9.95. The van der Waals surface area contributed by atoms with Crippen molar-refractivity contribution in [3.05, 3.63) is 29.6 Å². The van der Waals surface area contributed by atoms with Crippen LogP contribution in [0, 0.1) is 24.7 Å². The Balaban J connectivity index is 1.95. The van der Waals surface area contributed by atoms with Crippen molar-refractivity contribution in [2.75, 3.05) is 0 Å². The maximum Gasteiger partial charge on any atom is 0.307 e. The molecule has 0 saturated heterocycles. The number of carbonyl (C=O) groups excluding carboxylic acids is 1. The Bertz CT molecular complexity index is 513. The summed E-state index contributed by atoms with van der Waals surface area (Å²) < 4.78 is 0. The molecule has 5 nitrogen and oxygen atoms in total. The first-order valence-electron chi connectivity index (χ1n) is 7.43. The van der Waals surface area contributed by atoms with Gasteiger partial charge < -0.3 is 10.4 Å². The molecule has 0 spiro atoms. The van der Waals surface area contributed by atoms with Gasteiger partial charge in [-0.15, -0.1) is 0 Å². The van der Waals surface area contributed by atoms with Crippen LogP contribution in [0.15, 0.2) is 18.3 Å². The summed E-state index contributed by atoms with van der Waals surface area (Å²) in [7, 11) is 0. The van der Waals surface area contributed by atoms with Crippen molar-refractivity contribution in [1.29, 1.82) is 0 Å². The van der Waals surface area contributed by atoms with Gasteiger partial charge >= 0.3 is 5.97 Å². The van der Waals surface area contributed by atoms with E-state index < -0.39 is 17.8 Å². The molecule has 2 rings (SSSR count). The van der Waals surface area contributed by atoms with Crippen LogP contribution in [0.3, 0.4) is 0 Å². The molecular formula is C16H22N2O3. The number of aryl methyl sites for hydroxylation is 1. The Morgan fingerprint density at radius 1 is 1.33 bits per heavy atom. The summed E-state index contributed by atoms with van der Waals surface area (Å²) in [4.78, 5) is 27.7. The number of pyridine rings is 1. The zero-order valence-electron chi connectivity index (χ0n) is 12.5. The van der Waals surface area contributed by atoms with Crippen LogP contribution >= 0.6 is 0 Å². The van der Waals surface area contributed by atoms with E-state index in [1.165, 1.54) is 0 Å². The van der Waals surface area contributed by atoms with Gasteiger partial charge in [0, 0.05) is 18.4 Å². The molecule has 1 saturated carbocycles. The highest BCUT2D eigenvalue weighted by atomic mass is 16.4. The number of hydrogen-bond acceptors (Lipinski definition) is 3. The fourth-order valence-corrected chi connectivity index (χ4v) is 2.96. The van der Waals surface area contributed by atoms with Crippen LogP contribution in [0.2, 0.25) is 0 Å². The summed E-state index contributed by atoms with van der Waals surface area (Å²) >= 11 is 0. The second-order valence-corrected chi connectivity index (χ2v) is 5.82. The van der Waals surface area contributed by atoms with Crippen LogP contribution in [0.4, 0.5) is 0 Å². The lowest BCUT2D eigenvalue weighted by Crippen LogP contribution is -2.34. The van der Waals surface area contributed by atoms with Crippen LogP contribution in [-0.2, 0) is 16.1 Å². The normalized spacial score (nSPS) is 24.8. The monoisotopic (exact) mass is 290 g/mol. The summed E-state index contributed by atoms with van der Waals surface area (Å²) in [5.41, 5.74) is 1.85. The first-order valence-corrected chi connectivity index (χ1v) is 7.43. The molecule has 1 amide bonds. The fraction of sp³-hybridized carbons (Fsp3) is 0.562. The van der Waals surface area contributed by atoms with Crippen molar-refractivity contribution >= 4 is 11.9 Å². The number of amides is 1. The first kappa shape index (κ1) is 15.5. The Kier molecular flexibility index (Phi) is 4.94. The molecule has 0 aliphatic heterocycles. The zero-order valence-corrected chi connectivity index (χ0v) is 12.5. The maximum absolute atomic E-state index is 12.3. The predicted octanol–water partition coefficient (Wildman–Crippen LogP) is 2.14. The fourth-order valence-electron chi connectivity index (χ4n) is 2.96. The second-order valence-electron chi connectivity index (χ2n) is 5.82. The van der Waals surface area contributed by atoms with Crippen LogP contribution < -0.4 is 5.32 Å². The maximum atomic E-state index is 12.3. The van der Waals surface area contributed by atoms with E-state index in [1.54, 1.807) is 6.20 Å². The van der Waals surface area contributed by atoms with Gasteiger partial charge in [-0.25, -0.2) is 0 Å². The number of carbonyl (C=O) groups is 2. The molecule has 5 heteroatoms. The Hall–Kier alpha value is -1.91. The van der Waals surface area contributed by atoms with Crippen molar-refractivity contribution in [3.8, 4) is 0 Å². The van der Waals surface area contributed by atoms with Crippen molar-refractivity contribution in [1.82, 2.24) is 10.3 Å². The average Bonchev–Trinajstić information content (AvgIpc) is 2.91. The molecule has 1 aromatic heterocycles. The van der Waals surface area contributed by atoms with Crippen LogP contribution in [0.25, 0.3) is 0 Å². The SMILES string of the molecule is CCC1C[C@H](C(=O)NCc2ccc(C)nc2)[C@H](C(=O)O)C1. The number of rotatable bonds is 5. The third kappa shape index (κ3) is 3.80. The molecule has 0 bridgehead atoms. The molecule has 0 radical (unpaired) electrons. The molecule has 114 valence electrons. The van der Waals surface area contributed by atoms with E-state index in [-0.39, 0.29) is 5.91 Å². The van der Waals surface area contributed by atoms with Gasteiger partial charge in [0.1, 0.15) is 0 Å². The highest BCUT2D eigenvalue weighted by Crippen LogP contribution is 2.38. The Labute approximate surface area is 124 Å². The van der Waals surface area contributed by atoms with Gasteiger partial charge in [-0.3, -0.25) is 14.6 Å². The molecule has 1 heterocycles.